The molecule has 0 aromatic carbocycles. The molecule has 1 saturated heterocycles. The van der Waals surface area contributed by atoms with Crippen molar-refractivity contribution in [2.24, 2.45) is 0 Å². The number of aryl methyl sites for hydroxylation is 1. The number of ether oxygens (including phenoxy) is 1. The lowest BCUT2D eigenvalue weighted by molar-refractivity contribution is -0.192. The summed E-state index contributed by atoms with van der Waals surface area (Å²) in [5, 5.41) is 18.8. The van der Waals surface area contributed by atoms with Gasteiger partial charge in [0.25, 0.3) is 5.91 Å². The lowest BCUT2D eigenvalue weighted by Crippen LogP contribution is -2.32. The second-order valence-corrected chi connectivity index (χ2v) is 7.61. The van der Waals surface area contributed by atoms with E-state index in [9.17, 15) is 18.0 Å². The highest BCUT2D eigenvalue weighted by molar-refractivity contribution is 6.06. The van der Waals surface area contributed by atoms with E-state index in [1.165, 1.54) is 0 Å². The predicted molar refractivity (Wildman–Crippen MR) is 120 cm³/mol. The van der Waals surface area contributed by atoms with Gasteiger partial charge in [-0.15, -0.1) is 0 Å². The van der Waals surface area contributed by atoms with Crippen molar-refractivity contribution in [3.05, 3.63) is 48.0 Å². The zero-order chi connectivity index (χ0) is 25.4. The predicted octanol–water partition coefficient (Wildman–Crippen LogP) is 3.00. The highest BCUT2D eigenvalue weighted by Crippen LogP contribution is 2.28. The maximum absolute atomic E-state index is 12.9. The first-order chi connectivity index (χ1) is 16.7. The number of halogens is 3. The molecular formula is C22H25F3N6O4. The molecule has 1 atom stereocenters. The fourth-order valence-electron chi connectivity index (χ4n) is 3.41. The molecule has 1 fully saturated rings. The summed E-state index contributed by atoms with van der Waals surface area (Å²) in [6.45, 7) is 4.51. The van der Waals surface area contributed by atoms with Crippen LogP contribution in [0.25, 0.3) is 11.0 Å². The van der Waals surface area contributed by atoms with Crippen molar-refractivity contribution in [2.75, 3.05) is 18.5 Å². The molecule has 188 valence electrons. The molecule has 0 spiro atoms. The van der Waals surface area contributed by atoms with Gasteiger partial charge in [-0.3, -0.25) is 9.78 Å². The second-order valence-electron chi connectivity index (χ2n) is 7.61. The molecule has 3 N–H and O–H groups in total. The van der Waals surface area contributed by atoms with E-state index in [-0.39, 0.29) is 11.9 Å². The molecule has 0 bridgehead atoms. The van der Waals surface area contributed by atoms with Gasteiger partial charge in [0, 0.05) is 31.6 Å². The molecule has 3 aromatic heterocycles. The van der Waals surface area contributed by atoms with Crippen molar-refractivity contribution in [3.63, 3.8) is 0 Å². The van der Waals surface area contributed by atoms with Gasteiger partial charge in [0.1, 0.15) is 0 Å². The number of alkyl halides is 3. The van der Waals surface area contributed by atoms with Crippen LogP contribution in [0.3, 0.4) is 0 Å². The summed E-state index contributed by atoms with van der Waals surface area (Å²) in [5.41, 5.74) is 2.84. The van der Waals surface area contributed by atoms with Crippen LogP contribution in [-0.4, -0.2) is 62.2 Å². The Morgan fingerprint density at radius 1 is 1.26 bits per heavy atom. The van der Waals surface area contributed by atoms with Crippen LogP contribution in [0.1, 0.15) is 35.8 Å². The van der Waals surface area contributed by atoms with E-state index in [1.807, 2.05) is 29.8 Å². The molecule has 13 heteroatoms. The van der Waals surface area contributed by atoms with Crippen LogP contribution in [0.5, 0.6) is 0 Å². The Bertz CT molecular complexity index is 1150. The summed E-state index contributed by atoms with van der Waals surface area (Å²) in [4.78, 5) is 30.6. The normalized spacial score (nSPS) is 15.7. The fraction of sp³-hybridized carbons (Fsp3) is 0.409. The minimum atomic E-state index is -5.08. The Labute approximate surface area is 198 Å². The van der Waals surface area contributed by atoms with E-state index < -0.39 is 12.1 Å². The Hall–Kier alpha value is -3.74. The Morgan fingerprint density at radius 2 is 2.03 bits per heavy atom. The molecule has 10 nitrogen and oxygen atoms in total. The Morgan fingerprint density at radius 3 is 2.63 bits per heavy atom. The molecule has 1 aliphatic rings. The number of fused-ring (bicyclic) bond motifs is 1. The van der Waals surface area contributed by atoms with Crippen LogP contribution in [0, 0.1) is 0 Å². The molecule has 0 saturated carbocycles. The SMILES string of the molecule is CCn1ncc2c(NC3CCCOC3)c(C(=O)NCc3ccccn3)cnc21.O=C(O)C(F)(F)F. The number of hydrogen-bond acceptors (Lipinski definition) is 7. The summed E-state index contributed by atoms with van der Waals surface area (Å²) in [5.74, 6) is -2.95. The van der Waals surface area contributed by atoms with E-state index in [2.05, 4.69) is 25.7 Å². The number of anilines is 1. The third-order valence-electron chi connectivity index (χ3n) is 5.12. The van der Waals surface area contributed by atoms with E-state index in [4.69, 9.17) is 14.6 Å². The Kier molecular flexibility index (Phi) is 8.58. The van der Waals surface area contributed by atoms with Crippen molar-refractivity contribution in [3.8, 4) is 0 Å². The van der Waals surface area contributed by atoms with Gasteiger partial charge in [0.05, 0.1) is 41.7 Å². The van der Waals surface area contributed by atoms with Gasteiger partial charge in [0.2, 0.25) is 0 Å². The number of carboxylic acid groups (broad SMARTS) is 1. The highest BCUT2D eigenvalue weighted by atomic mass is 19.4. The quantitative estimate of drug-likeness (QED) is 0.477. The molecule has 0 radical (unpaired) electrons. The summed E-state index contributed by atoms with van der Waals surface area (Å²) >= 11 is 0. The summed E-state index contributed by atoms with van der Waals surface area (Å²) in [7, 11) is 0. The van der Waals surface area contributed by atoms with Crippen LogP contribution in [0.15, 0.2) is 36.8 Å². The maximum atomic E-state index is 12.9. The number of aliphatic carboxylic acids is 1. The number of amides is 1. The number of rotatable bonds is 6. The molecule has 1 amide bonds. The largest absolute Gasteiger partial charge is 0.490 e. The van der Waals surface area contributed by atoms with Gasteiger partial charge in [-0.05, 0) is 31.9 Å². The van der Waals surface area contributed by atoms with Gasteiger partial charge >= 0.3 is 12.1 Å². The third-order valence-corrected chi connectivity index (χ3v) is 5.12. The highest BCUT2D eigenvalue weighted by Gasteiger charge is 2.38. The average Bonchev–Trinajstić information content (AvgIpc) is 3.27. The fourth-order valence-corrected chi connectivity index (χ4v) is 3.41. The van der Waals surface area contributed by atoms with Crippen molar-refractivity contribution in [1.29, 1.82) is 0 Å². The number of nitrogens with one attached hydrogen (secondary N) is 2. The third kappa shape index (κ3) is 6.88. The zero-order valence-electron chi connectivity index (χ0n) is 18.9. The number of carbonyl (C=O) groups is 2. The van der Waals surface area contributed by atoms with E-state index in [0.717, 1.165) is 41.9 Å². The van der Waals surface area contributed by atoms with Gasteiger partial charge in [-0.2, -0.15) is 18.3 Å². The number of aromatic nitrogens is 4. The lowest BCUT2D eigenvalue weighted by Gasteiger charge is -2.25. The first kappa shape index (κ1) is 25.9. The van der Waals surface area contributed by atoms with E-state index in [0.29, 0.717) is 25.3 Å². The average molecular weight is 494 g/mol. The first-order valence-corrected chi connectivity index (χ1v) is 10.9. The molecule has 4 heterocycles. The van der Waals surface area contributed by atoms with Crippen molar-refractivity contribution in [1.82, 2.24) is 25.1 Å². The monoisotopic (exact) mass is 494 g/mol. The van der Waals surface area contributed by atoms with Crippen LogP contribution < -0.4 is 10.6 Å². The standard InChI is InChI=1S/C20H24N6O2.C2HF3O2/c1-2-26-19-16(12-24-26)18(25-15-7-5-9-28-13-15)17(11-22-19)20(27)23-10-14-6-3-4-8-21-14;3-2(4,5)1(6)7/h3-4,6,8,11-12,15H,2,5,7,9-10,13H2,1H3,(H,22,25)(H,23,27);(H,6,7). The smallest absolute Gasteiger partial charge is 0.475 e. The maximum Gasteiger partial charge on any atom is 0.490 e. The number of carboxylic acids is 1. The van der Waals surface area contributed by atoms with E-state index in [1.54, 1.807) is 18.6 Å². The number of carbonyl (C=O) groups excluding carboxylic acids is 1. The van der Waals surface area contributed by atoms with Gasteiger partial charge in [-0.1, -0.05) is 6.07 Å². The molecular weight excluding hydrogens is 469 g/mol. The minimum absolute atomic E-state index is 0.159. The minimum Gasteiger partial charge on any atom is -0.475 e. The second kappa shape index (κ2) is 11.6. The molecule has 1 aliphatic heterocycles. The van der Waals surface area contributed by atoms with Crippen LogP contribution >= 0.6 is 0 Å². The van der Waals surface area contributed by atoms with Gasteiger partial charge < -0.3 is 20.5 Å². The van der Waals surface area contributed by atoms with Crippen molar-refractivity contribution < 1.29 is 32.6 Å². The molecule has 3 aromatic rings. The topological polar surface area (TPSA) is 131 Å². The lowest BCUT2D eigenvalue weighted by atomic mass is 10.1. The molecule has 1 unspecified atom stereocenters. The van der Waals surface area contributed by atoms with Gasteiger partial charge in [-0.25, -0.2) is 14.5 Å². The Balaban J connectivity index is 0.000000429. The van der Waals surface area contributed by atoms with Crippen LogP contribution in [0.2, 0.25) is 0 Å². The first-order valence-electron chi connectivity index (χ1n) is 10.9. The molecule has 4 rings (SSSR count). The number of nitrogens with zero attached hydrogens (tertiary/aromatic N) is 4. The molecule has 0 aliphatic carbocycles. The van der Waals surface area contributed by atoms with Crippen molar-refractivity contribution in [2.45, 2.75) is 45.1 Å². The summed E-state index contributed by atoms with van der Waals surface area (Å²) in [6.07, 6.45) is 2.02. The zero-order valence-corrected chi connectivity index (χ0v) is 18.9. The molecule has 35 heavy (non-hydrogen) atoms. The summed E-state index contributed by atoms with van der Waals surface area (Å²) < 4.78 is 39.2. The van der Waals surface area contributed by atoms with Crippen LogP contribution in [-0.2, 0) is 22.6 Å². The van der Waals surface area contributed by atoms with Crippen molar-refractivity contribution >= 4 is 28.6 Å². The number of hydrogen-bond donors (Lipinski definition) is 3. The van der Waals surface area contributed by atoms with Crippen LogP contribution in [0.4, 0.5) is 18.9 Å². The van der Waals surface area contributed by atoms with E-state index >= 15 is 0 Å². The summed E-state index contributed by atoms with van der Waals surface area (Å²) in [6, 6.07) is 5.79. The van der Waals surface area contributed by atoms with Gasteiger partial charge in [0.15, 0.2) is 5.65 Å². The number of pyridine rings is 2.